The van der Waals surface area contributed by atoms with E-state index in [1.165, 1.54) is 0 Å². The summed E-state index contributed by atoms with van der Waals surface area (Å²) in [6, 6.07) is 3.99. The van der Waals surface area contributed by atoms with Crippen LogP contribution in [0.2, 0.25) is 0 Å². The van der Waals surface area contributed by atoms with Crippen LogP contribution in [0.1, 0.15) is 64.7 Å². The Hall–Kier alpha value is -1.24. The lowest BCUT2D eigenvalue weighted by molar-refractivity contribution is -0.133. The Kier molecular flexibility index (Phi) is 9.12. The molecule has 1 rings (SSSR count). The number of rotatable bonds is 9. The zero-order valence-corrected chi connectivity index (χ0v) is 18.2. The summed E-state index contributed by atoms with van der Waals surface area (Å²) in [5.41, 5.74) is 2.44. The van der Waals surface area contributed by atoms with Crippen LogP contribution in [0.4, 0.5) is 0 Å². The number of phenolic OH excluding ortho intramolecular Hbond substituents is 1. The van der Waals surface area contributed by atoms with Crippen LogP contribution in [0.3, 0.4) is 0 Å². The molecule has 6 heteroatoms. The van der Waals surface area contributed by atoms with Gasteiger partial charge in [0.1, 0.15) is 5.75 Å². The van der Waals surface area contributed by atoms with Gasteiger partial charge in [-0.05, 0) is 33.9 Å². The highest BCUT2D eigenvalue weighted by atomic mass is 32.2. The van der Waals surface area contributed by atoms with Crippen molar-refractivity contribution in [3.63, 3.8) is 0 Å². The summed E-state index contributed by atoms with van der Waals surface area (Å²) >= 11 is 1.07. The maximum Gasteiger partial charge on any atom is 0.318 e. The number of aliphatic hydroxyl groups is 1. The standard InChI is InChI=1S/C21H34O5S/c1-20(2,3)16-13-15(14-17(19(16)24)21(4,5)6)7-8-18(23)26-27-12-11-25-10-9-22/h13-14,22,24H,7-12H2,1-6H3. The van der Waals surface area contributed by atoms with E-state index < -0.39 is 0 Å². The lowest BCUT2D eigenvalue weighted by Crippen LogP contribution is -2.18. The highest BCUT2D eigenvalue weighted by Gasteiger charge is 2.26. The van der Waals surface area contributed by atoms with E-state index in [-0.39, 0.29) is 29.8 Å². The maximum atomic E-state index is 12.0. The monoisotopic (exact) mass is 398 g/mol. The zero-order valence-electron chi connectivity index (χ0n) is 17.4. The molecule has 0 aliphatic heterocycles. The van der Waals surface area contributed by atoms with E-state index in [4.69, 9.17) is 14.0 Å². The van der Waals surface area contributed by atoms with Gasteiger partial charge in [0.25, 0.3) is 0 Å². The topological polar surface area (TPSA) is 76.0 Å². The first kappa shape index (κ1) is 23.8. The van der Waals surface area contributed by atoms with E-state index in [0.29, 0.717) is 31.1 Å². The molecule has 1 aromatic rings. The predicted octanol–water partition coefficient (Wildman–Crippen LogP) is 4.12. The second-order valence-electron chi connectivity index (χ2n) is 8.65. The Labute approximate surface area is 167 Å². The summed E-state index contributed by atoms with van der Waals surface area (Å²) < 4.78 is 10.3. The molecule has 0 spiro atoms. The molecule has 0 aliphatic rings. The molecule has 27 heavy (non-hydrogen) atoms. The molecule has 0 saturated heterocycles. The average Bonchev–Trinajstić information content (AvgIpc) is 2.54. The van der Waals surface area contributed by atoms with Gasteiger partial charge in [0.05, 0.1) is 44.0 Å². The second kappa shape index (κ2) is 10.3. The fraction of sp³-hybridized carbons (Fsp3) is 0.667. The SMILES string of the molecule is CC(C)(C)c1cc(CCC(=O)OSCCOCCO)cc(C(C)(C)C)c1O. The number of phenols is 1. The van der Waals surface area contributed by atoms with Crippen LogP contribution >= 0.6 is 12.0 Å². The van der Waals surface area contributed by atoms with E-state index in [0.717, 1.165) is 28.7 Å². The molecule has 154 valence electrons. The number of benzene rings is 1. The molecule has 0 atom stereocenters. The molecule has 0 aromatic heterocycles. The Morgan fingerprint density at radius 3 is 2.07 bits per heavy atom. The summed E-state index contributed by atoms with van der Waals surface area (Å²) in [6.07, 6.45) is 0.843. The van der Waals surface area contributed by atoms with Crippen molar-refractivity contribution in [2.75, 3.05) is 25.6 Å². The summed E-state index contributed by atoms with van der Waals surface area (Å²) in [5, 5.41) is 19.4. The molecule has 0 fully saturated rings. The van der Waals surface area contributed by atoms with Gasteiger partial charge in [0.15, 0.2) is 0 Å². The van der Waals surface area contributed by atoms with Crippen LogP contribution in [0, 0.1) is 0 Å². The minimum atomic E-state index is -0.273. The Bertz CT molecular complexity index is 579. The number of hydrogen-bond donors (Lipinski definition) is 2. The third-order valence-electron chi connectivity index (χ3n) is 4.10. The van der Waals surface area contributed by atoms with Crippen molar-refractivity contribution in [3.05, 3.63) is 28.8 Å². The summed E-state index contributed by atoms with van der Waals surface area (Å²) in [7, 11) is 0. The van der Waals surface area contributed by atoms with Gasteiger partial charge >= 0.3 is 5.97 Å². The van der Waals surface area contributed by atoms with Crippen LogP contribution in [-0.4, -0.2) is 41.8 Å². The number of hydrogen-bond acceptors (Lipinski definition) is 6. The number of aryl methyl sites for hydroxylation is 1. The fourth-order valence-corrected chi connectivity index (χ4v) is 3.12. The number of ether oxygens (including phenoxy) is 1. The van der Waals surface area contributed by atoms with Gasteiger partial charge in [0.2, 0.25) is 0 Å². The van der Waals surface area contributed by atoms with Crippen LogP contribution in [0.5, 0.6) is 5.75 Å². The zero-order chi connectivity index (χ0) is 20.7. The smallest absolute Gasteiger partial charge is 0.318 e. The Balaban J connectivity index is 2.73. The molecule has 0 heterocycles. The molecule has 0 bridgehead atoms. The van der Waals surface area contributed by atoms with Crippen molar-refractivity contribution in [3.8, 4) is 5.75 Å². The van der Waals surface area contributed by atoms with Crippen LogP contribution in [0.25, 0.3) is 0 Å². The van der Waals surface area contributed by atoms with E-state index in [2.05, 4.69) is 41.5 Å². The lowest BCUT2D eigenvalue weighted by atomic mass is 9.78. The quantitative estimate of drug-likeness (QED) is 0.481. The van der Waals surface area contributed by atoms with E-state index >= 15 is 0 Å². The molecule has 0 amide bonds. The molecule has 0 radical (unpaired) electrons. The third-order valence-corrected chi connectivity index (χ3v) is 4.74. The van der Waals surface area contributed by atoms with Crippen molar-refractivity contribution in [2.45, 2.75) is 65.2 Å². The molecule has 1 aromatic carbocycles. The van der Waals surface area contributed by atoms with E-state index in [1.807, 2.05) is 12.1 Å². The highest BCUT2D eigenvalue weighted by Crippen LogP contribution is 2.40. The summed E-state index contributed by atoms with van der Waals surface area (Å²) in [5.74, 6) is 0.609. The van der Waals surface area contributed by atoms with Crippen molar-refractivity contribution in [1.29, 1.82) is 0 Å². The second-order valence-corrected chi connectivity index (χ2v) is 9.46. The molecule has 0 aliphatic carbocycles. The minimum Gasteiger partial charge on any atom is -0.507 e. The molecule has 2 N–H and O–H groups in total. The van der Waals surface area contributed by atoms with Crippen molar-refractivity contribution in [1.82, 2.24) is 0 Å². The van der Waals surface area contributed by atoms with Crippen LogP contribution in [0.15, 0.2) is 12.1 Å². The van der Waals surface area contributed by atoms with Gasteiger partial charge < -0.3 is 19.1 Å². The first-order valence-electron chi connectivity index (χ1n) is 9.34. The van der Waals surface area contributed by atoms with Crippen LogP contribution in [-0.2, 0) is 31.0 Å². The first-order valence-corrected chi connectivity index (χ1v) is 10.3. The Morgan fingerprint density at radius 2 is 1.59 bits per heavy atom. The van der Waals surface area contributed by atoms with Gasteiger partial charge in [-0.15, -0.1) is 0 Å². The molecule has 0 saturated carbocycles. The summed E-state index contributed by atoms with van der Waals surface area (Å²) in [4.78, 5) is 12.0. The van der Waals surface area contributed by atoms with Gasteiger partial charge in [-0.3, -0.25) is 4.79 Å². The summed E-state index contributed by atoms with van der Waals surface area (Å²) in [6.45, 7) is 13.1. The maximum absolute atomic E-state index is 12.0. The number of aliphatic hydroxyl groups excluding tert-OH is 1. The molecule has 0 unspecified atom stereocenters. The van der Waals surface area contributed by atoms with Crippen molar-refractivity contribution < 1.29 is 23.9 Å². The van der Waals surface area contributed by atoms with E-state index in [9.17, 15) is 9.90 Å². The molecule has 5 nitrogen and oxygen atoms in total. The number of aromatic hydroxyl groups is 1. The first-order chi connectivity index (χ1) is 12.5. The lowest BCUT2D eigenvalue weighted by Gasteiger charge is -2.28. The Morgan fingerprint density at radius 1 is 1.04 bits per heavy atom. The van der Waals surface area contributed by atoms with Gasteiger partial charge in [-0.2, -0.15) is 0 Å². The van der Waals surface area contributed by atoms with Crippen molar-refractivity contribution in [2.24, 2.45) is 0 Å². The van der Waals surface area contributed by atoms with Gasteiger partial charge in [0, 0.05) is 0 Å². The van der Waals surface area contributed by atoms with Gasteiger partial charge in [-0.25, -0.2) is 0 Å². The third kappa shape index (κ3) is 8.11. The van der Waals surface area contributed by atoms with Crippen LogP contribution < -0.4 is 0 Å². The predicted molar refractivity (Wildman–Crippen MR) is 110 cm³/mol. The number of carbonyl (C=O) groups is 1. The van der Waals surface area contributed by atoms with Crippen molar-refractivity contribution >= 4 is 18.0 Å². The minimum absolute atomic E-state index is 0.00973. The highest BCUT2D eigenvalue weighted by molar-refractivity contribution is 7.95. The largest absolute Gasteiger partial charge is 0.507 e. The normalized spacial score (nSPS) is 12.3. The van der Waals surface area contributed by atoms with Gasteiger partial charge in [-0.1, -0.05) is 53.7 Å². The number of carbonyl (C=O) groups excluding carboxylic acids is 1. The average molecular weight is 399 g/mol. The van der Waals surface area contributed by atoms with E-state index in [1.54, 1.807) is 0 Å². The molecular weight excluding hydrogens is 364 g/mol. The fourth-order valence-electron chi connectivity index (χ4n) is 2.64. The molecular formula is C21H34O5S.